The summed E-state index contributed by atoms with van der Waals surface area (Å²) < 4.78 is 0. The van der Waals surface area contributed by atoms with Crippen LogP contribution in [0.15, 0.2) is 0 Å². The van der Waals surface area contributed by atoms with Crippen LogP contribution in [0.2, 0.25) is 0 Å². The molecule has 1 saturated carbocycles. The molecule has 100 valence electrons. The van der Waals surface area contributed by atoms with Gasteiger partial charge < -0.3 is 10.6 Å². The first-order chi connectivity index (χ1) is 8.20. The molecule has 2 heteroatoms. The van der Waals surface area contributed by atoms with E-state index in [2.05, 4.69) is 18.7 Å². The summed E-state index contributed by atoms with van der Waals surface area (Å²) >= 11 is 0. The van der Waals surface area contributed by atoms with E-state index in [4.69, 9.17) is 5.73 Å². The van der Waals surface area contributed by atoms with Crippen molar-refractivity contribution in [1.29, 1.82) is 0 Å². The van der Waals surface area contributed by atoms with Gasteiger partial charge in [-0.15, -0.1) is 0 Å². The normalized spacial score (nSPS) is 37.2. The van der Waals surface area contributed by atoms with E-state index in [1.54, 1.807) is 0 Å². The smallest absolute Gasteiger partial charge is 0.00979 e. The number of rotatable bonds is 3. The highest BCUT2D eigenvalue weighted by Gasteiger charge is 2.30. The zero-order valence-electron chi connectivity index (χ0n) is 11.7. The van der Waals surface area contributed by atoms with Crippen molar-refractivity contribution in [3.8, 4) is 0 Å². The Balaban J connectivity index is 1.77. The van der Waals surface area contributed by atoms with Crippen molar-refractivity contribution in [1.82, 2.24) is 4.90 Å². The Bertz CT molecular complexity index is 221. The lowest BCUT2D eigenvalue weighted by Gasteiger charge is -2.42. The highest BCUT2D eigenvalue weighted by Crippen LogP contribution is 2.34. The average Bonchev–Trinajstić information content (AvgIpc) is 2.34. The van der Waals surface area contributed by atoms with Gasteiger partial charge >= 0.3 is 0 Å². The largest absolute Gasteiger partial charge is 0.330 e. The molecule has 1 heterocycles. The van der Waals surface area contributed by atoms with Gasteiger partial charge in [-0.1, -0.05) is 13.8 Å². The third kappa shape index (κ3) is 3.45. The third-order valence-corrected chi connectivity index (χ3v) is 5.31. The molecule has 1 aliphatic carbocycles. The average molecular weight is 238 g/mol. The van der Waals surface area contributed by atoms with E-state index in [0.29, 0.717) is 0 Å². The van der Waals surface area contributed by atoms with Gasteiger partial charge in [0.1, 0.15) is 0 Å². The highest BCUT2D eigenvalue weighted by molar-refractivity contribution is 4.84. The van der Waals surface area contributed by atoms with Gasteiger partial charge in [-0.05, 0) is 75.9 Å². The lowest BCUT2D eigenvalue weighted by Crippen LogP contribution is -2.44. The standard InChI is InChI=1S/C15H30N2/c1-12-3-4-15(11-13(12)2)17-9-6-14(5-8-16)7-10-17/h12-15H,3-11,16H2,1-2H3. The second-order valence-corrected chi connectivity index (χ2v) is 6.48. The lowest BCUT2D eigenvalue weighted by atomic mass is 9.78. The van der Waals surface area contributed by atoms with E-state index < -0.39 is 0 Å². The van der Waals surface area contributed by atoms with Gasteiger partial charge in [-0.25, -0.2) is 0 Å². The molecule has 0 aromatic rings. The molecular weight excluding hydrogens is 208 g/mol. The summed E-state index contributed by atoms with van der Waals surface area (Å²) in [6.45, 7) is 8.40. The van der Waals surface area contributed by atoms with Crippen molar-refractivity contribution < 1.29 is 0 Å². The number of piperidine rings is 1. The Kier molecular flexibility index (Phi) is 4.87. The van der Waals surface area contributed by atoms with Crippen molar-refractivity contribution in [2.24, 2.45) is 23.5 Å². The summed E-state index contributed by atoms with van der Waals surface area (Å²) in [7, 11) is 0. The number of hydrogen-bond acceptors (Lipinski definition) is 2. The van der Waals surface area contributed by atoms with E-state index >= 15 is 0 Å². The van der Waals surface area contributed by atoms with Gasteiger partial charge in [0.2, 0.25) is 0 Å². The van der Waals surface area contributed by atoms with E-state index in [0.717, 1.165) is 30.3 Å². The van der Waals surface area contributed by atoms with Crippen LogP contribution < -0.4 is 5.73 Å². The molecule has 2 fully saturated rings. The number of nitrogens with zero attached hydrogens (tertiary/aromatic N) is 1. The second kappa shape index (κ2) is 6.19. The van der Waals surface area contributed by atoms with E-state index in [1.807, 2.05) is 0 Å². The monoisotopic (exact) mass is 238 g/mol. The van der Waals surface area contributed by atoms with Gasteiger partial charge in [0.15, 0.2) is 0 Å². The molecule has 1 aliphatic heterocycles. The molecule has 2 N–H and O–H groups in total. The van der Waals surface area contributed by atoms with Gasteiger partial charge in [0, 0.05) is 6.04 Å². The Morgan fingerprint density at radius 3 is 2.29 bits per heavy atom. The first-order valence-corrected chi connectivity index (χ1v) is 7.64. The van der Waals surface area contributed by atoms with Crippen molar-refractivity contribution in [3.05, 3.63) is 0 Å². The maximum atomic E-state index is 5.66. The summed E-state index contributed by atoms with van der Waals surface area (Å²) in [5, 5.41) is 0. The zero-order chi connectivity index (χ0) is 12.3. The maximum Gasteiger partial charge on any atom is 0.00979 e. The molecule has 3 atom stereocenters. The number of nitrogens with two attached hydrogens (primary N) is 1. The molecule has 0 amide bonds. The first-order valence-electron chi connectivity index (χ1n) is 7.64. The Morgan fingerprint density at radius 2 is 1.71 bits per heavy atom. The van der Waals surface area contributed by atoms with Crippen molar-refractivity contribution in [3.63, 3.8) is 0 Å². The fraction of sp³-hybridized carbons (Fsp3) is 1.00. The minimum Gasteiger partial charge on any atom is -0.330 e. The Labute approximate surface area is 107 Å². The second-order valence-electron chi connectivity index (χ2n) is 6.48. The molecule has 1 saturated heterocycles. The molecule has 3 unspecified atom stereocenters. The predicted molar refractivity (Wildman–Crippen MR) is 73.9 cm³/mol. The summed E-state index contributed by atoms with van der Waals surface area (Å²) in [6.07, 6.45) is 8.32. The fourth-order valence-electron chi connectivity index (χ4n) is 3.69. The van der Waals surface area contributed by atoms with Crippen molar-refractivity contribution in [2.45, 2.75) is 58.4 Å². The maximum absolute atomic E-state index is 5.66. The molecule has 17 heavy (non-hydrogen) atoms. The lowest BCUT2D eigenvalue weighted by molar-refractivity contribution is 0.0749. The zero-order valence-corrected chi connectivity index (χ0v) is 11.7. The number of hydrogen-bond donors (Lipinski definition) is 1. The molecule has 2 nitrogen and oxygen atoms in total. The van der Waals surface area contributed by atoms with Gasteiger partial charge in [-0.2, -0.15) is 0 Å². The summed E-state index contributed by atoms with van der Waals surface area (Å²) in [4.78, 5) is 2.77. The molecular formula is C15H30N2. The van der Waals surface area contributed by atoms with Crippen LogP contribution in [0.4, 0.5) is 0 Å². The van der Waals surface area contributed by atoms with Crippen LogP contribution in [-0.4, -0.2) is 30.6 Å². The van der Waals surface area contributed by atoms with Crippen molar-refractivity contribution >= 4 is 0 Å². The van der Waals surface area contributed by atoms with Crippen LogP contribution >= 0.6 is 0 Å². The van der Waals surface area contributed by atoms with Crippen LogP contribution in [0, 0.1) is 17.8 Å². The Hall–Kier alpha value is -0.0800. The molecule has 0 aromatic heterocycles. The molecule has 0 spiro atoms. The van der Waals surface area contributed by atoms with E-state index in [-0.39, 0.29) is 0 Å². The fourth-order valence-corrected chi connectivity index (χ4v) is 3.69. The van der Waals surface area contributed by atoms with Crippen LogP contribution in [-0.2, 0) is 0 Å². The summed E-state index contributed by atoms with van der Waals surface area (Å²) in [6, 6.07) is 0.889. The van der Waals surface area contributed by atoms with Crippen LogP contribution in [0.1, 0.15) is 52.4 Å². The quantitative estimate of drug-likeness (QED) is 0.819. The third-order valence-electron chi connectivity index (χ3n) is 5.31. The highest BCUT2D eigenvalue weighted by atomic mass is 15.2. The summed E-state index contributed by atoms with van der Waals surface area (Å²) in [5.41, 5.74) is 5.66. The minimum absolute atomic E-state index is 0.878. The molecule has 0 bridgehead atoms. The van der Waals surface area contributed by atoms with Crippen LogP contribution in [0.25, 0.3) is 0 Å². The molecule has 2 rings (SSSR count). The number of likely N-dealkylation sites (tertiary alicyclic amines) is 1. The SMILES string of the molecule is CC1CCC(N2CCC(CCN)CC2)CC1C. The van der Waals surface area contributed by atoms with Crippen LogP contribution in [0.3, 0.4) is 0 Å². The summed E-state index contributed by atoms with van der Waals surface area (Å²) in [5.74, 6) is 2.78. The molecule has 0 aromatic carbocycles. The van der Waals surface area contributed by atoms with Gasteiger partial charge in [0.25, 0.3) is 0 Å². The van der Waals surface area contributed by atoms with Gasteiger partial charge in [-0.3, -0.25) is 0 Å². The van der Waals surface area contributed by atoms with Crippen LogP contribution in [0.5, 0.6) is 0 Å². The van der Waals surface area contributed by atoms with Crippen molar-refractivity contribution in [2.75, 3.05) is 19.6 Å². The Morgan fingerprint density at radius 1 is 1.00 bits per heavy atom. The predicted octanol–water partition coefficient (Wildman–Crippen LogP) is 2.87. The topological polar surface area (TPSA) is 29.3 Å². The molecule has 2 aliphatic rings. The minimum atomic E-state index is 0.878. The van der Waals surface area contributed by atoms with Gasteiger partial charge in [0.05, 0.1) is 0 Å². The first kappa shape index (κ1) is 13.4. The molecule has 0 radical (unpaired) electrons. The van der Waals surface area contributed by atoms with E-state index in [1.165, 1.54) is 51.6 Å². The van der Waals surface area contributed by atoms with E-state index in [9.17, 15) is 0 Å².